The molecule has 1 saturated heterocycles. The zero-order chi connectivity index (χ0) is 17.8. The number of aryl methyl sites for hydroxylation is 1. The van der Waals surface area contributed by atoms with Crippen LogP contribution in [-0.2, 0) is 16.1 Å². The summed E-state index contributed by atoms with van der Waals surface area (Å²) in [5.74, 6) is 0.0990. The molecule has 1 aliphatic rings. The predicted octanol–water partition coefficient (Wildman–Crippen LogP) is 3.18. The number of piperidine rings is 1. The SMILES string of the molecule is CC(=O)NCc1ccc(-c2nc(NC(=O)C3CCNCC3)sc2C)s1.Cl. The van der Waals surface area contributed by atoms with Gasteiger partial charge in [-0.2, -0.15) is 0 Å². The van der Waals surface area contributed by atoms with Crippen LogP contribution in [0.5, 0.6) is 0 Å². The fourth-order valence-electron chi connectivity index (χ4n) is 2.78. The van der Waals surface area contributed by atoms with Gasteiger partial charge in [0.05, 0.1) is 17.1 Å². The zero-order valence-corrected chi connectivity index (χ0v) is 17.2. The number of hydrogen-bond acceptors (Lipinski definition) is 6. The van der Waals surface area contributed by atoms with Gasteiger partial charge in [0.15, 0.2) is 5.13 Å². The van der Waals surface area contributed by atoms with E-state index in [4.69, 9.17) is 0 Å². The first kappa shape index (κ1) is 20.8. The minimum absolute atomic E-state index is 0. The molecule has 9 heteroatoms. The van der Waals surface area contributed by atoms with Crippen molar-refractivity contribution in [1.82, 2.24) is 15.6 Å². The Balaban J connectivity index is 0.00000243. The third kappa shape index (κ3) is 5.26. The minimum Gasteiger partial charge on any atom is -0.351 e. The van der Waals surface area contributed by atoms with Crippen LogP contribution in [0.3, 0.4) is 0 Å². The highest BCUT2D eigenvalue weighted by molar-refractivity contribution is 7.18. The molecule has 0 atom stereocenters. The van der Waals surface area contributed by atoms with E-state index in [1.165, 1.54) is 18.3 Å². The summed E-state index contributed by atoms with van der Waals surface area (Å²) in [4.78, 5) is 31.2. The third-order valence-electron chi connectivity index (χ3n) is 4.14. The van der Waals surface area contributed by atoms with Crippen molar-refractivity contribution in [3.8, 4) is 10.6 Å². The van der Waals surface area contributed by atoms with E-state index in [0.717, 1.165) is 46.3 Å². The fourth-order valence-corrected chi connectivity index (χ4v) is 4.67. The molecule has 2 amide bonds. The lowest BCUT2D eigenvalue weighted by atomic mass is 9.97. The normalized spacial score (nSPS) is 14.5. The third-order valence-corrected chi connectivity index (χ3v) is 6.12. The van der Waals surface area contributed by atoms with Gasteiger partial charge in [-0.3, -0.25) is 9.59 Å². The molecule has 2 aromatic heterocycles. The van der Waals surface area contributed by atoms with Crippen molar-refractivity contribution in [1.29, 1.82) is 0 Å². The number of thiazole rings is 1. The second-order valence-corrected chi connectivity index (χ2v) is 8.48. The summed E-state index contributed by atoms with van der Waals surface area (Å²) in [6.45, 7) is 5.85. The quantitative estimate of drug-likeness (QED) is 0.701. The van der Waals surface area contributed by atoms with Gasteiger partial charge in [-0.05, 0) is 45.0 Å². The lowest BCUT2D eigenvalue weighted by Crippen LogP contribution is -2.34. The molecule has 3 heterocycles. The molecule has 3 N–H and O–H groups in total. The molecule has 0 aliphatic carbocycles. The Morgan fingerprint density at radius 3 is 2.69 bits per heavy atom. The van der Waals surface area contributed by atoms with Gasteiger partial charge < -0.3 is 16.0 Å². The van der Waals surface area contributed by atoms with Crippen molar-refractivity contribution in [2.45, 2.75) is 33.2 Å². The van der Waals surface area contributed by atoms with Gasteiger partial charge in [0.25, 0.3) is 0 Å². The van der Waals surface area contributed by atoms with E-state index in [9.17, 15) is 9.59 Å². The Hall–Kier alpha value is -1.48. The highest BCUT2D eigenvalue weighted by atomic mass is 35.5. The maximum atomic E-state index is 12.4. The number of aromatic nitrogens is 1. The number of rotatable bonds is 5. The van der Waals surface area contributed by atoms with Crippen LogP contribution in [0.25, 0.3) is 10.6 Å². The Morgan fingerprint density at radius 1 is 1.27 bits per heavy atom. The van der Waals surface area contributed by atoms with Gasteiger partial charge in [-0.1, -0.05) is 0 Å². The molecule has 0 unspecified atom stereocenters. The maximum absolute atomic E-state index is 12.4. The molecular weight excluding hydrogens is 392 g/mol. The first-order valence-electron chi connectivity index (χ1n) is 8.35. The fraction of sp³-hybridized carbons (Fsp3) is 0.471. The first-order valence-corrected chi connectivity index (χ1v) is 9.99. The molecule has 2 aromatic rings. The number of nitrogens with zero attached hydrogens (tertiary/aromatic N) is 1. The van der Waals surface area contributed by atoms with Crippen molar-refractivity contribution < 1.29 is 9.59 Å². The van der Waals surface area contributed by atoms with Gasteiger partial charge in [-0.15, -0.1) is 35.1 Å². The Kier molecular flexibility index (Phi) is 7.57. The number of nitrogens with one attached hydrogen (secondary N) is 3. The van der Waals surface area contributed by atoms with Crippen LogP contribution in [0.1, 0.15) is 29.5 Å². The second-order valence-electron chi connectivity index (χ2n) is 6.11. The topological polar surface area (TPSA) is 83.1 Å². The molecular formula is C17H23ClN4O2S2. The number of carbonyl (C=O) groups is 2. The van der Waals surface area contributed by atoms with Gasteiger partial charge >= 0.3 is 0 Å². The molecule has 0 radical (unpaired) electrons. The lowest BCUT2D eigenvalue weighted by molar-refractivity contribution is -0.120. The van der Waals surface area contributed by atoms with Gasteiger partial charge in [0, 0.05) is 22.6 Å². The van der Waals surface area contributed by atoms with Crippen molar-refractivity contribution >= 4 is 52.0 Å². The molecule has 26 heavy (non-hydrogen) atoms. The first-order chi connectivity index (χ1) is 12.0. The van der Waals surface area contributed by atoms with Crippen molar-refractivity contribution in [3.05, 3.63) is 21.9 Å². The summed E-state index contributed by atoms with van der Waals surface area (Å²) in [6.07, 6.45) is 1.75. The van der Waals surface area contributed by atoms with Gasteiger partial charge in [0.2, 0.25) is 11.8 Å². The number of hydrogen-bond donors (Lipinski definition) is 3. The molecule has 0 spiro atoms. The highest BCUT2D eigenvalue weighted by Gasteiger charge is 2.22. The largest absolute Gasteiger partial charge is 0.351 e. The molecule has 142 valence electrons. The van der Waals surface area contributed by atoms with Crippen molar-refractivity contribution in [2.24, 2.45) is 5.92 Å². The van der Waals surface area contributed by atoms with E-state index in [-0.39, 0.29) is 30.1 Å². The lowest BCUT2D eigenvalue weighted by Gasteiger charge is -2.20. The number of amides is 2. The molecule has 0 aromatic carbocycles. The highest BCUT2D eigenvalue weighted by Crippen LogP contribution is 2.35. The Bertz CT molecular complexity index is 769. The standard InChI is InChI=1S/C17H22N4O2S2.ClH/c1-10-15(14-4-3-13(25-14)9-19-11(2)22)20-17(24-10)21-16(23)12-5-7-18-8-6-12;/h3-4,12,18H,5-9H2,1-2H3,(H,19,22)(H,20,21,23);1H. The monoisotopic (exact) mass is 414 g/mol. The van der Waals surface area contributed by atoms with Crippen LogP contribution in [0, 0.1) is 12.8 Å². The summed E-state index contributed by atoms with van der Waals surface area (Å²) in [7, 11) is 0. The molecule has 1 aliphatic heterocycles. The van der Waals surface area contributed by atoms with Crippen LogP contribution >= 0.6 is 35.1 Å². The summed E-state index contributed by atoms with van der Waals surface area (Å²) in [5, 5.41) is 9.71. The predicted molar refractivity (Wildman–Crippen MR) is 109 cm³/mol. The van der Waals surface area contributed by atoms with Crippen molar-refractivity contribution in [2.75, 3.05) is 18.4 Å². The Morgan fingerprint density at radius 2 is 2.00 bits per heavy atom. The number of thiophene rings is 1. The van der Waals surface area contributed by atoms with E-state index < -0.39 is 0 Å². The van der Waals surface area contributed by atoms with Gasteiger partial charge in [-0.25, -0.2) is 4.98 Å². The van der Waals surface area contributed by atoms with E-state index in [0.29, 0.717) is 11.7 Å². The molecule has 3 rings (SSSR count). The number of anilines is 1. The summed E-state index contributed by atoms with van der Waals surface area (Å²) in [5.41, 5.74) is 0.907. The zero-order valence-electron chi connectivity index (χ0n) is 14.8. The maximum Gasteiger partial charge on any atom is 0.229 e. The average molecular weight is 415 g/mol. The smallest absolute Gasteiger partial charge is 0.229 e. The van der Waals surface area contributed by atoms with Crippen molar-refractivity contribution in [3.63, 3.8) is 0 Å². The van der Waals surface area contributed by atoms with Crippen LogP contribution < -0.4 is 16.0 Å². The van der Waals surface area contributed by atoms with E-state index in [1.807, 2.05) is 19.1 Å². The van der Waals surface area contributed by atoms with Gasteiger partial charge in [0.1, 0.15) is 0 Å². The Labute approximate surface area is 167 Å². The minimum atomic E-state index is -0.0392. The number of carbonyl (C=O) groups excluding carboxylic acids is 2. The van der Waals surface area contributed by atoms with Crippen LogP contribution in [0.2, 0.25) is 0 Å². The second kappa shape index (κ2) is 9.45. The van der Waals surface area contributed by atoms with E-state index in [2.05, 4.69) is 20.9 Å². The summed E-state index contributed by atoms with van der Waals surface area (Å²) < 4.78 is 0. The summed E-state index contributed by atoms with van der Waals surface area (Å²) >= 11 is 3.12. The molecule has 6 nitrogen and oxygen atoms in total. The molecule has 0 bridgehead atoms. The number of halogens is 1. The molecule has 0 saturated carbocycles. The van der Waals surface area contributed by atoms with Crippen LogP contribution in [0.15, 0.2) is 12.1 Å². The van der Waals surface area contributed by atoms with Crippen LogP contribution in [-0.4, -0.2) is 29.9 Å². The van der Waals surface area contributed by atoms with Crippen LogP contribution in [0.4, 0.5) is 5.13 Å². The summed E-state index contributed by atoms with van der Waals surface area (Å²) in [6, 6.07) is 4.02. The average Bonchev–Trinajstić information content (AvgIpc) is 3.20. The molecule has 1 fully saturated rings. The van der Waals surface area contributed by atoms with E-state index >= 15 is 0 Å². The van der Waals surface area contributed by atoms with E-state index in [1.54, 1.807) is 11.3 Å².